The molecule has 0 radical (unpaired) electrons. The summed E-state index contributed by atoms with van der Waals surface area (Å²) in [6.45, 7) is 2.02. The summed E-state index contributed by atoms with van der Waals surface area (Å²) < 4.78 is 15.0. The fourth-order valence-corrected chi connectivity index (χ4v) is 8.16. The first kappa shape index (κ1) is 33.2. The van der Waals surface area contributed by atoms with Crippen molar-refractivity contribution in [2.75, 3.05) is 12.4 Å². The van der Waals surface area contributed by atoms with E-state index in [1.54, 1.807) is 36.8 Å². The number of carbonyl (C=O) groups is 1. The number of rotatable bonds is 8. The Bertz CT molecular complexity index is 2210. The number of fused-ring (bicyclic) bond motifs is 1. The lowest BCUT2D eigenvalue weighted by atomic mass is 9.95. The molecule has 6 rings (SSSR count). The van der Waals surface area contributed by atoms with Crippen LogP contribution in [-0.4, -0.2) is 17.6 Å². The highest BCUT2D eigenvalue weighted by atomic mass is 79.9. The fraction of sp³-hybridized carbons (Fsp3) is 0.114. The molecular formula is C35H25Br2Cl2N3O4S. The maximum Gasteiger partial charge on any atom is 0.271 e. The number of aromatic nitrogens is 1. The minimum absolute atomic E-state index is 0.231. The van der Waals surface area contributed by atoms with Crippen molar-refractivity contribution in [3.05, 3.63) is 152 Å². The van der Waals surface area contributed by atoms with Gasteiger partial charge in [0, 0.05) is 21.3 Å². The predicted molar refractivity (Wildman–Crippen MR) is 194 cm³/mol. The summed E-state index contributed by atoms with van der Waals surface area (Å²) in [5.74, 6) is 0.845. The first-order chi connectivity index (χ1) is 22.6. The monoisotopic (exact) mass is 811 g/mol. The van der Waals surface area contributed by atoms with Crippen molar-refractivity contribution in [2.24, 2.45) is 4.99 Å². The van der Waals surface area contributed by atoms with Crippen LogP contribution in [0, 0.1) is 0 Å². The van der Waals surface area contributed by atoms with Crippen LogP contribution in [-0.2, 0) is 11.4 Å². The van der Waals surface area contributed by atoms with Gasteiger partial charge in [0.25, 0.3) is 11.5 Å². The van der Waals surface area contributed by atoms with Crippen molar-refractivity contribution >= 4 is 84.1 Å². The Labute approximate surface area is 301 Å². The van der Waals surface area contributed by atoms with E-state index < -0.39 is 6.04 Å². The smallest absolute Gasteiger partial charge is 0.271 e. The second-order valence-electron chi connectivity index (χ2n) is 10.5. The maximum absolute atomic E-state index is 14.2. The number of para-hydroxylation sites is 1. The van der Waals surface area contributed by atoms with Gasteiger partial charge in [0.2, 0.25) is 0 Å². The summed E-state index contributed by atoms with van der Waals surface area (Å²) in [5.41, 5.74) is 3.51. The average molecular weight is 814 g/mol. The Kier molecular flexibility index (Phi) is 10.1. The summed E-state index contributed by atoms with van der Waals surface area (Å²) in [5, 5.41) is 4.03. The van der Waals surface area contributed by atoms with Crippen LogP contribution in [0.1, 0.15) is 29.7 Å². The van der Waals surface area contributed by atoms with Gasteiger partial charge in [-0.05, 0) is 105 Å². The molecule has 0 fully saturated rings. The lowest BCUT2D eigenvalue weighted by Gasteiger charge is -2.25. The van der Waals surface area contributed by atoms with Gasteiger partial charge in [0.05, 0.1) is 37.9 Å². The average Bonchev–Trinajstić information content (AvgIpc) is 3.34. The molecule has 7 nitrogen and oxygen atoms in total. The molecule has 2 heterocycles. The summed E-state index contributed by atoms with van der Waals surface area (Å²) in [6, 6.07) is 24.8. The zero-order chi connectivity index (χ0) is 33.2. The summed E-state index contributed by atoms with van der Waals surface area (Å²) in [4.78, 5) is 33.2. The van der Waals surface area contributed by atoms with Crippen molar-refractivity contribution in [3.63, 3.8) is 0 Å². The van der Waals surface area contributed by atoms with Crippen molar-refractivity contribution in [1.29, 1.82) is 0 Å². The number of methoxy groups -OCH3 is 1. The molecule has 0 saturated carbocycles. The second-order valence-corrected chi connectivity index (χ2v) is 14.1. The molecule has 1 aliphatic rings. The zero-order valence-electron chi connectivity index (χ0n) is 24.9. The van der Waals surface area contributed by atoms with Gasteiger partial charge in [-0.25, -0.2) is 4.99 Å². The first-order valence-corrected chi connectivity index (χ1v) is 17.4. The van der Waals surface area contributed by atoms with Gasteiger partial charge in [-0.2, -0.15) is 0 Å². The molecule has 47 heavy (non-hydrogen) atoms. The van der Waals surface area contributed by atoms with Crippen LogP contribution in [0.15, 0.2) is 115 Å². The Morgan fingerprint density at radius 3 is 2.47 bits per heavy atom. The summed E-state index contributed by atoms with van der Waals surface area (Å²) in [6.07, 6.45) is 1.80. The third-order valence-electron chi connectivity index (χ3n) is 7.41. The third-order valence-corrected chi connectivity index (χ3v) is 10.2. The van der Waals surface area contributed by atoms with Gasteiger partial charge in [0.15, 0.2) is 4.80 Å². The molecule has 1 aromatic heterocycles. The largest absolute Gasteiger partial charge is 0.497 e. The van der Waals surface area contributed by atoms with Crippen LogP contribution in [0.4, 0.5) is 5.69 Å². The number of halogens is 4. The lowest BCUT2D eigenvalue weighted by molar-refractivity contribution is -0.113. The Hall–Kier alpha value is -3.67. The Morgan fingerprint density at radius 1 is 1.02 bits per heavy atom. The van der Waals surface area contributed by atoms with Crippen LogP contribution >= 0.6 is 66.4 Å². The molecule has 238 valence electrons. The molecule has 0 saturated heterocycles. The highest BCUT2D eigenvalue weighted by Crippen LogP contribution is 2.36. The van der Waals surface area contributed by atoms with E-state index in [2.05, 4.69) is 37.2 Å². The topological polar surface area (TPSA) is 81.9 Å². The SMILES string of the molecule is COc1cccc([C@@H]2C(C(=O)Nc3ccccc3)=C(C)N=c3s/c(=C\c4cc(Br)c(OCc5ccc(Cl)cc5Cl)c(Br)c4)c(=O)n32)c1. The number of hydrogen-bond donors (Lipinski definition) is 1. The predicted octanol–water partition coefficient (Wildman–Crippen LogP) is 8.29. The molecule has 1 atom stereocenters. The first-order valence-electron chi connectivity index (χ1n) is 14.2. The van der Waals surface area contributed by atoms with Gasteiger partial charge in [-0.1, -0.05) is 70.9 Å². The van der Waals surface area contributed by atoms with Gasteiger partial charge in [-0.15, -0.1) is 0 Å². The molecule has 0 bridgehead atoms. The molecule has 0 spiro atoms. The Balaban J connectivity index is 1.39. The molecule has 4 aromatic carbocycles. The lowest BCUT2D eigenvalue weighted by Crippen LogP contribution is -2.40. The zero-order valence-corrected chi connectivity index (χ0v) is 30.4. The minimum Gasteiger partial charge on any atom is -0.497 e. The highest BCUT2D eigenvalue weighted by Gasteiger charge is 2.33. The molecular weight excluding hydrogens is 789 g/mol. The van der Waals surface area contributed by atoms with Gasteiger partial charge >= 0.3 is 0 Å². The van der Waals surface area contributed by atoms with Crippen LogP contribution in [0.3, 0.4) is 0 Å². The number of nitrogens with one attached hydrogen (secondary N) is 1. The molecule has 5 aromatic rings. The minimum atomic E-state index is -0.735. The number of thiazole rings is 1. The van der Waals surface area contributed by atoms with Crippen molar-refractivity contribution in [3.8, 4) is 11.5 Å². The molecule has 12 heteroatoms. The maximum atomic E-state index is 14.2. The van der Waals surface area contributed by atoms with E-state index in [9.17, 15) is 9.59 Å². The van der Waals surface area contributed by atoms with Crippen LogP contribution < -0.4 is 29.7 Å². The molecule has 0 aliphatic carbocycles. The van der Waals surface area contributed by atoms with Gasteiger partial charge < -0.3 is 14.8 Å². The summed E-state index contributed by atoms with van der Waals surface area (Å²) in [7, 11) is 1.58. The molecule has 0 unspecified atom stereocenters. The fourth-order valence-electron chi connectivity index (χ4n) is 5.20. The van der Waals surface area contributed by atoms with E-state index >= 15 is 0 Å². The number of allylic oxidation sites excluding steroid dienone is 1. The van der Waals surface area contributed by atoms with E-state index in [1.165, 1.54) is 11.3 Å². The van der Waals surface area contributed by atoms with E-state index in [4.69, 9.17) is 37.7 Å². The second kappa shape index (κ2) is 14.2. The van der Waals surface area contributed by atoms with Crippen LogP contribution in [0.5, 0.6) is 11.5 Å². The number of benzene rings is 4. The van der Waals surface area contributed by atoms with Gasteiger partial charge in [0.1, 0.15) is 18.1 Å². The van der Waals surface area contributed by atoms with Crippen molar-refractivity contribution in [2.45, 2.75) is 19.6 Å². The number of anilines is 1. The molecule has 1 amide bonds. The van der Waals surface area contributed by atoms with Gasteiger partial charge in [-0.3, -0.25) is 14.2 Å². The number of amides is 1. The van der Waals surface area contributed by atoms with Crippen molar-refractivity contribution in [1.82, 2.24) is 4.57 Å². The molecule has 1 aliphatic heterocycles. The quantitative estimate of drug-likeness (QED) is 0.171. The summed E-state index contributed by atoms with van der Waals surface area (Å²) >= 11 is 20.8. The van der Waals surface area contributed by atoms with E-state index in [0.29, 0.717) is 56.8 Å². The van der Waals surface area contributed by atoms with Crippen LogP contribution in [0.2, 0.25) is 10.0 Å². The van der Waals surface area contributed by atoms with E-state index in [0.717, 1.165) is 16.7 Å². The van der Waals surface area contributed by atoms with E-state index in [1.807, 2.05) is 72.8 Å². The number of nitrogens with zero attached hydrogens (tertiary/aromatic N) is 2. The standard InChI is InChI=1S/C35H25Br2Cl2N3O4S/c1-19-30(33(43)41-24-8-4-3-5-9-24)31(21-7-6-10-25(16-21)45-2)42-34(44)29(47-35(42)40-19)15-20-13-26(36)32(27(37)14-20)46-18-22-11-12-23(38)17-28(22)39/h3-17,31H,18H2,1-2H3,(H,41,43)/b29-15-/t31-/m1/s1. The number of carbonyl (C=O) groups excluding carboxylic acids is 1. The van der Waals surface area contributed by atoms with E-state index in [-0.39, 0.29) is 18.1 Å². The number of ether oxygens (including phenoxy) is 2. The van der Waals surface area contributed by atoms with Crippen LogP contribution in [0.25, 0.3) is 6.08 Å². The molecule has 1 N–H and O–H groups in total. The number of hydrogen-bond acceptors (Lipinski definition) is 6. The van der Waals surface area contributed by atoms with Crippen molar-refractivity contribution < 1.29 is 14.3 Å². The highest BCUT2D eigenvalue weighted by molar-refractivity contribution is 9.11. The normalized spacial score (nSPS) is 14.4. The Morgan fingerprint density at radius 2 is 1.77 bits per heavy atom. The third kappa shape index (κ3) is 7.12.